The van der Waals surface area contributed by atoms with Crippen LogP contribution in [0.5, 0.6) is 0 Å². The summed E-state index contributed by atoms with van der Waals surface area (Å²) in [6.07, 6.45) is -0.586. The van der Waals surface area contributed by atoms with Crippen LogP contribution in [0.15, 0.2) is 0 Å². The average molecular weight is 474 g/mol. The van der Waals surface area contributed by atoms with Crippen molar-refractivity contribution in [1.29, 1.82) is 0 Å². The molecule has 1 atom stereocenters. The van der Waals surface area contributed by atoms with Gasteiger partial charge in [0.15, 0.2) is 0 Å². The van der Waals surface area contributed by atoms with Crippen LogP contribution in [0.4, 0.5) is 0 Å². The highest BCUT2D eigenvalue weighted by atomic mass is 16.6. The molecule has 0 aliphatic rings. The van der Waals surface area contributed by atoms with Gasteiger partial charge in [-0.3, -0.25) is 0 Å². The van der Waals surface area contributed by atoms with E-state index in [-0.39, 0.29) is 19.8 Å². The number of hydrogen-bond donors (Lipinski definition) is 3. The van der Waals surface area contributed by atoms with E-state index in [1.807, 2.05) is 13.8 Å². The first kappa shape index (κ1) is 33.7. The van der Waals surface area contributed by atoms with E-state index in [0.717, 1.165) is 6.61 Å². The molecule has 0 saturated carbocycles. The first-order valence-electron chi connectivity index (χ1n) is 11.3. The molecule has 4 N–H and O–H groups in total. The average Bonchev–Trinajstić information content (AvgIpc) is 2.81. The van der Waals surface area contributed by atoms with E-state index in [4.69, 9.17) is 53.8 Å². The summed E-state index contributed by atoms with van der Waals surface area (Å²) in [5, 5.41) is 17.5. The number of nitrogens with two attached hydrogens (primary N) is 1. The number of aliphatic hydroxyl groups excluding tert-OH is 2. The lowest BCUT2D eigenvalue weighted by Crippen LogP contribution is -2.26. The van der Waals surface area contributed by atoms with Crippen molar-refractivity contribution in [3.8, 4) is 0 Å². The Morgan fingerprint density at radius 1 is 0.531 bits per heavy atom. The fraction of sp³-hybridized carbons (Fsp3) is 1.00. The van der Waals surface area contributed by atoms with Crippen LogP contribution in [-0.2, 0) is 37.9 Å². The van der Waals surface area contributed by atoms with Gasteiger partial charge in [0.2, 0.25) is 0 Å². The molecule has 0 saturated heterocycles. The predicted molar refractivity (Wildman–Crippen MR) is 120 cm³/mol. The van der Waals surface area contributed by atoms with Gasteiger partial charge < -0.3 is 53.8 Å². The summed E-state index contributed by atoms with van der Waals surface area (Å²) in [6, 6.07) is 0. The summed E-state index contributed by atoms with van der Waals surface area (Å²) in [4.78, 5) is 0. The molecule has 11 nitrogen and oxygen atoms in total. The van der Waals surface area contributed by atoms with Crippen molar-refractivity contribution in [3.63, 3.8) is 0 Å². The van der Waals surface area contributed by atoms with Crippen LogP contribution in [0.1, 0.15) is 13.8 Å². The summed E-state index contributed by atoms with van der Waals surface area (Å²) < 4.78 is 41.3. The first-order chi connectivity index (χ1) is 15.7. The number of aliphatic hydroxyl groups is 2. The van der Waals surface area contributed by atoms with Crippen molar-refractivity contribution < 1.29 is 48.1 Å². The molecule has 0 aromatic carbocycles. The topological polar surface area (TPSA) is 140 Å². The number of hydrogen-bond acceptors (Lipinski definition) is 11. The highest BCUT2D eigenvalue weighted by Gasteiger charge is 1.99. The molecule has 0 amide bonds. The van der Waals surface area contributed by atoms with Crippen LogP contribution in [0.3, 0.4) is 0 Å². The van der Waals surface area contributed by atoms with Crippen LogP contribution in [0, 0.1) is 0 Å². The number of ether oxygens (including phenoxy) is 8. The first-order valence-corrected chi connectivity index (χ1v) is 11.3. The van der Waals surface area contributed by atoms with Gasteiger partial charge in [0.1, 0.15) is 0 Å². The maximum Gasteiger partial charge on any atom is 0.0895 e. The zero-order valence-electron chi connectivity index (χ0n) is 20.0. The molecule has 0 rings (SSSR count). The highest BCUT2D eigenvalue weighted by molar-refractivity contribution is 4.51. The second-order valence-electron chi connectivity index (χ2n) is 6.14. The Bertz CT molecular complexity index is 304. The fourth-order valence-electron chi connectivity index (χ4n) is 1.86. The minimum absolute atomic E-state index is 0.0561. The van der Waals surface area contributed by atoms with Gasteiger partial charge in [-0.15, -0.1) is 0 Å². The van der Waals surface area contributed by atoms with Gasteiger partial charge in [-0.25, -0.2) is 0 Å². The van der Waals surface area contributed by atoms with Gasteiger partial charge in [-0.05, 0) is 13.8 Å². The quantitative estimate of drug-likeness (QED) is 0.147. The normalized spacial score (nSPS) is 11.9. The SMILES string of the molecule is CCOCCOCCOCCOCC(O)CN.CCOCCOCCOCCOCCO. The summed E-state index contributed by atoms with van der Waals surface area (Å²) in [7, 11) is 0. The molecular weight excluding hydrogens is 426 g/mol. The number of rotatable bonds is 25. The van der Waals surface area contributed by atoms with Gasteiger partial charge >= 0.3 is 0 Å². The van der Waals surface area contributed by atoms with E-state index in [1.54, 1.807) is 0 Å². The van der Waals surface area contributed by atoms with Gasteiger partial charge in [-0.1, -0.05) is 0 Å². The molecule has 0 aliphatic carbocycles. The summed E-state index contributed by atoms with van der Waals surface area (Å²) in [5.74, 6) is 0. The molecule has 32 heavy (non-hydrogen) atoms. The van der Waals surface area contributed by atoms with E-state index in [9.17, 15) is 0 Å². The van der Waals surface area contributed by atoms with Crippen molar-refractivity contribution in [1.82, 2.24) is 0 Å². The highest BCUT2D eigenvalue weighted by Crippen LogP contribution is 1.85. The van der Waals surface area contributed by atoms with Crippen LogP contribution in [0.25, 0.3) is 0 Å². The maximum absolute atomic E-state index is 9.08. The largest absolute Gasteiger partial charge is 0.394 e. The standard InChI is InChI=1S/C11H25NO5.C10H22O5/c1-2-14-3-4-15-5-6-16-7-8-17-10-11(13)9-12;1-2-12-5-6-14-9-10-15-8-7-13-4-3-11/h11,13H,2-10,12H2,1H3;11H,2-10H2,1H3. The van der Waals surface area contributed by atoms with Gasteiger partial charge in [-0.2, -0.15) is 0 Å². The zero-order chi connectivity index (χ0) is 24.0. The van der Waals surface area contributed by atoms with E-state index in [2.05, 4.69) is 0 Å². The molecule has 0 bridgehead atoms. The predicted octanol–water partition coefficient (Wildman–Crippen LogP) is -0.543. The molecule has 0 spiro atoms. The lowest BCUT2D eigenvalue weighted by Gasteiger charge is -2.09. The third kappa shape index (κ3) is 34.2. The zero-order valence-corrected chi connectivity index (χ0v) is 20.0. The second-order valence-corrected chi connectivity index (χ2v) is 6.14. The minimum atomic E-state index is -0.586. The third-order valence-electron chi connectivity index (χ3n) is 3.46. The maximum atomic E-state index is 9.08. The Morgan fingerprint density at radius 3 is 1.16 bits per heavy atom. The van der Waals surface area contributed by atoms with Crippen molar-refractivity contribution in [2.75, 3.05) is 119 Å². The molecule has 0 radical (unpaired) electrons. The molecule has 0 heterocycles. The third-order valence-corrected chi connectivity index (χ3v) is 3.46. The van der Waals surface area contributed by atoms with Crippen molar-refractivity contribution in [2.24, 2.45) is 5.73 Å². The second kappa shape index (κ2) is 32.7. The molecular formula is C21H47NO10. The van der Waals surface area contributed by atoms with Crippen LogP contribution >= 0.6 is 0 Å². The lowest BCUT2D eigenvalue weighted by atomic mass is 10.4. The molecule has 0 fully saturated rings. The Hall–Kier alpha value is -0.440. The Labute approximate surface area is 193 Å². The van der Waals surface area contributed by atoms with Crippen molar-refractivity contribution in [2.45, 2.75) is 20.0 Å². The monoisotopic (exact) mass is 473 g/mol. The molecule has 0 aromatic rings. The van der Waals surface area contributed by atoms with Gasteiger partial charge in [0.25, 0.3) is 0 Å². The minimum Gasteiger partial charge on any atom is -0.394 e. The van der Waals surface area contributed by atoms with E-state index in [0.29, 0.717) is 92.5 Å². The van der Waals surface area contributed by atoms with Gasteiger partial charge in [0.05, 0.1) is 105 Å². The fourth-order valence-corrected chi connectivity index (χ4v) is 1.86. The van der Waals surface area contributed by atoms with E-state index in [1.165, 1.54) is 0 Å². The smallest absolute Gasteiger partial charge is 0.0895 e. The van der Waals surface area contributed by atoms with Crippen LogP contribution in [-0.4, -0.2) is 135 Å². The van der Waals surface area contributed by atoms with Gasteiger partial charge in [0, 0.05) is 19.8 Å². The Kier molecular flexibility index (Phi) is 34.5. The van der Waals surface area contributed by atoms with Crippen molar-refractivity contribution >= 4 is 0 Å². The Morgan fingerprint density at radius 2 is 0.844 bits per heavy atom. The van der Waals surface area contributed by atoms with E-state index >= 15 is 0 Å². The summed E-state index contributed by atoms with van der Waals surface area (Å²) in [6.45, 7) is 12.9. The van der Waals surface area contributed by atoms with Crippen LogP contribution in [0.2, 0.25) is 0 Å². The summed E-state index contributed by atoms with van der Waals surface area (Å²) in [5.41, 5.74) is 5.21. The molecule has 0 aliphatic heterocycles. The molecule has 11 heteroatoms. The van der Waals surface area contributed by atoms with E-state index < -0.39 is 6.10 Å². The summed E-state index contributed by atoms with van der Waals surface area (Å²) >= 11 is 0. The lowest BCUT2D eigenvalue weighted by molar-refractivity contribution is -0.0146. The molecule has 1 unspecified atom stereocenters. The Balaban J connectivity index is 0. The van der Waals surface area contributed by atoms with Crippen LogP contribution < -0.4 is 5.73 Å². The molecule has 196 valence electrons. The van der Waals surface area contributed by atoms with Crippen molar-refractivity contribution in [3.05, 3.63) is 0 Å². The molecule has 0 aromatic heterocycles.